The van der Waals surface area contributed by atoms with Gasteiger partial charge in [-0.3, -0.25) is 0 Å². The summed E-state index contributed by atoms with van der Waals surface area (Å²) in [6.45, 7) is 14.1. The van der Waals surface area contributed by atoms with Crippen LogP contribution >= 0.6 is 0 Å². The maximum Gasteiger partial charge on any atom is 0.0488 e. The minimum absolute atomic E-state index is 0.244. The highest BCUT2D eigenvalue weighted by molar-refractivity contribution is 4.96. The quantitative estimate of drug-likeness (QED) is 0.674. The molecular weight excluding hydrogens is 198 g/mol. The summed E-state index contributed by atoms with van der Waals surface area (Å²) in [5, 5.41) is 3.62. The Morgan fingerprint density at radius 1 is 1.25 bits per heavy atom. The van der Waals surface area contributed by atoms with Crippen molar-refractivity contribution in [2.24, 2.45) is 11.3 Å². The summed E-state index contributed by atoms with van der Waals surface area (Å²) in [5.41, 5.74) is 0.804. The summed E-state index contributed by atoms with van der Waals surface area (Å²) in [5.74, 6) is 0.655. The first-order valence-electron chi connectivity index (χ1n) is 6.66. The van der Waals surface area contributed by atoms with E-state index in [-0.39, 0.29) is 5.54 Å². The zero-order valence-corrected chi connectivity index (χ0v) is 11.7. The lowest BCUT2D eigenvalue weighted by Crippen LogP contribution is -2.40. The second kappa shape index (κ2) is 5.50. The molecule has 1 saturated carbocycles. The van der Waals surface area contributed by atoms with Gasteiger partial charge in [0.05, 0.1) is 0 Å². The molecule has 0 amide bonds. The van der Waals surface area contributed by atoms with Crippen molar-refractivity contribution in [2.45, 2.75) is 59.4 Å². The average Bonchev–Trinajstić information content (AvgIpc) is 2.89. The Labute approximate surface area is 101 Å². The molecule has 0 spiro atoms. The van der Waals surface area contributed by atoms with E-state index >= 15 is 0 Å². The molecule has 16 heavy (non-hydrogen) atoms. The molecule has 2 heteroatoms. The molecule has 0 atom stereocenters. The van der Waals surface area contributed by atoms with E-state index in [2.05, 4.69) is 39.9 Å². The van der Waals surface area contributed by atoms with Gasteiger partial charge in [-0.05, 0) is 51.4 Å². The van der Waals surface area contributed by atoms with Gasteiger partial charge < -0.3 is 10.1 Å². The van der Waals surface area contributed by atoms with Crippen LogP contribution in [0.25, 0.3) is 0 Å². The Hall–Kier alpha value is -0.0800. The van der Waals surface area contributed by atoms with Crippen LogP contribution in [0.4, 0.5) is 0 Å². The maximum atomic E-state index is 5.68. The van der Waals surface area contributed by atoms with E-state index in [9.17, 15) is 0 Å². The Bertz CT molecular complexity index is 201. The molecule has 1 N–H and O–H groups in total. The highest BCUT2D eigenvalue weighted by Crippen LogP contribution is 2.48. The van der Waals surface area contributed by atoms with E-state index in [1.807, 2.05) is 0 Å². The third-order valence-electron chi connectivity index (χ3n) is 3.18. The predicted octanol–water partition coefficient (Wildman–Crippen LogP) is 3.22. The van der Waals surface area contributed by atoms with Gasteiger partial charge in [-0.1, -0.05) is 13.8 Å². The standard InChI is InChI=1S/C14H29NO/c1-12(2)10-16-9-8-14(6-7-14)11-15-13(3,4)5/h12,15H,6-11H2,1-5H3. The zero-order chi connectivity index (χ0) is 12.2. The molecular formula is C14H29NO. The normalized spacial score (nSPS) is 19.1. The molecule has 0 aromatic rings. The second-order valence-electron chi connectivity index (χ2n) is 6.82. The van der Waals surface area contributed by atoms with Gasteiger partial charge in [0, 0.05) is 25.3 Å². The van der Waals surface area contributed by atoms with Gasteiger partial charge >= 0.3 is 0 Å². The van der Waals surface area contributed by atoms with Crippen molar-refractivity contribution in [1.82, 2.24) is 5.32 Å². The van der Waals surface area contributed by atoms with Crippen molar-refractivity contribution in [3.05, 3.63) is 0 Å². The van der Waals surface area contributed by atoms with E-state index in [0.717, 1.165) is 19.8 Å². The molecule has 0 radical (unpaired) electrons. The summed E-state index contributed by atoms with van der Waals surface area (Å²) in [7, 11) is 0. The SMILES string of the molecule is CC(C)COCCC1(CNC(C)(C)C)CC1. The van der Waals surface area contributed by atoms with E-state index in [1.54, 1.807) is 0 Å². The summed E-state index contributed by atoms with van der Waals surface area (Å²) >= 11 is 0. The first kappa shape index (κ1) is 14.0. The third kappa shape index (κ3) is 5.86. The molecule has 0 saturated heterocycles. The van der Waals surface area contributed by atoms with Crippen molar-refractivity contribution in [2.75, 3.05) is 19.8 Å². The van der Waals surface area contributed by atoms with Gasteiger partial charge in [-0.2, -0.15) is 0 Å². The van der Waals surface area contributed by atoms with Gasteiger partial charge in [0.25, 0.3) is 0 Å². The van der Waals surface area contributed by atoms with Gasteiger partial charge in [0.2, 0.25) is 0 Å². The van der Waals surface area contributed by atoms with Crippen molar-refractivity contribution >= 4 is 0 Å². The maximum absolute atomic E-state index is 5.68. The highest BCUT2D eigenvalue weighted by Gasteiger charge is 2.42. The minimum atomic E-state index is 0.244. The van der Waals surface area contributed by atoms with Gasteiger partial charge in [-0.15, -0.1) is 0 Å². The van der Waals surface area contributed by atoms with Crippen LogP contribution in [0.15, 0.2) is 0 Å². The minimum Gasteiger partial charge on any atom is -0.381 e. The van der Waals surface area contributed by atoms with Crippen LogP contribution in [0, 0.1) is 11.3 Å². The number of hydrogen-bond acceptors (Lipinski definition) is 2. The molecule has 0 aromatic carbocycles. The molecule has 0 heterocycles. The fourth-order valence-corrected chi connectivity index (χ4v) is 1.75. The average molecular weight is 227 g/mol. The number of ether oxygens (including phenoxy) is 1. The van der Waals surface area contributed by atoms with Crippen LogP contribution in [-0.4, -0.2) is 25.3 Å². The molecule has 0 aromatic heterocycles. The number of hydrogen-bond donors (Lipinski definition) is 1. The van der Waals surface area contributed by atoms with E-state index in [4.69, 9.17) is 4.74 Å². The molecule has 0 aliphatic heterocycles. The summed E-state index contributed by atoms with van der Waals surface area (Å²) in [6.07, 6.45) is 3.98. The fourth-order valence-electron chi connectivity index (χ4n) is 1.75. The molecule has 96 valence electrons. The molecule has 1 aliphatic carbocycles. The summed E-state index contributed by atoms with van der Waals surface area (Å²) in [6, 6.07) is 0. The monoisotopic (exact) mass is 227 g/mol. The Morgan fingerprint density at radius 2 is 1.88 bits per heavy atom. The predicted molar refractivity (Wildman–Crippen MR) is 69.7 cm³/mol. The first-order chi connectivity index (χ1) is 7.33. The second-order valence-corrected chi connectivity index (χ2v) is 6.82. The lowest BCUT2D eigenvalue weighted by Gasteiger charge is -2.25. The topological polar surface area (TPSA) is 21.3 Å². The Morgan fingerprint density at radius 3 is 2.31 bits per heavy atom. The highest BCUT2D eigenvalue weighted by atomic mass is 16.5. The van der Waals surface area contributed by atoms with Crippen LogP contribution < -0.4 is 5.32 Å². The smallest absolute Gasteiger partial charge is 0.0488 e. The van der Waals surface area contributed by atoms with Crippen molar-refractivity contribution in [3.63, 3.8) is 0 Å². The fraction of sp³-hybridized carbons (Fsp3) is 1.00. The van der Waals surface area contributed by atoms with Crippen LogP contribution in [0.2, 0.25) is 0 Å². The Kier molecular flexibility index (Phi) is 4.81. The zero-order valence-electron chi connectivity index (χ0n) is 11.7. The molecule has 1 rings (SSSR count). The summed E-state index contributed by atoms with van der Waals surface area (Å²) < 4.78 is 5.68. The lowest BCUT2D eigenvalue weighted by molar-refractivity contribution is 0.0938. The first-order valence-corrected chi connectivity index (χ1v) is 6.66. The van der Waals surface area contributed by atoms with Crippen LogP contribution in [0.3, 0.4) is 0 Å². The van der Waals surface area contributed by atoms with Crippen molar-refractivity contribution < 1.29 is 4.74 Å². The molecule has 0 bridgehead atoms. The van der Waals surface area contributed by atoms with Gasteiger partial charge in [0.15, 0.2) is 0 Å². The molecule has 0 unspecified atom stereocenters. The molecule has 2 nitrogen and oxygen atoms in total. The molecule has 1 aliphatic rings. The largest absolute Gasteiger partial charge is 0.381 e. The lowest BCUT2D eigenvalue weighted by atomic mass is 10.0. The van der Waals surface area contributed by atoms with E-state index in [0.29, 0.717) is 11.3 Å². The van der Waals surface area contributed by atoms with Crippen LogP contribution in [0.1, 0.15) is 53.9 Å². The van der Waals surface area contributed by atoms with Crippen LogP contribution in [-0.2, 0) is 4.74 Å². The van der Waals surface area contributed by atoms with E-state index in [1.165, 1.54) is 19.3 Å². The van der Waals surface area contributed by atoms with E-state index < -0.39 is 0 Å². The number of nitrogens with one attached hydrogen (secondary N) is 1. The van der Waals surface area contributed by atoms with Crippen LogP contribution in [0.5, 0.6) is 0 Å². The number of rotatable bonds is 7. The Balaban J connectivity index is 2.11. The third-order valence-corrected chi connectivity index (χ3v) is 3.18. The van der Waals surface area contributed by atoms with Gasteiger partial charge in [0.1, 0.15) is 0 Å². The summed E-state index contributed by atoms with van der Waals surface area (Å²) in [4.78, 5) is 0. The van der Waals surface area contributed by atoms with Crippen molar-refractivity contribution in [3.8, 4) is 0 Å². The molecule has 1 fully saturated rings. The van der Waals surface area contributed by atoms with Gasteiger partial charge in [-0.25, -0.2) is 0 Å². The van der Waals surface area contributed by atoms with Crippen molar-refractivity contribution in [1.29, 1.82) is 0 Å².